The quantitative estimate of drug-likeness (QED) is 0.888. The largest absolute Gasteiger partial charge is 0.494 e. The molecule has 1 amide bonds. The maximum Gasteiger partial charge on any atom is 0.407 e. The van der Waals surface area contributed by atoms with E-state index in [1.165, 1.54) is 0 Å². The van der Waals surface area contributed by atoms with Crippen molar-refractivity contribution >= 4 is 6.09 Å². The second-order valence-electron chi connectivity index (χ2n) is 5.50. The maximum absolute atomic E-state index is 11.5. The average Bonchev–Trinajstić information content (AvgIpc) is 2.27. The highest BCUT2D eigenvalue weighted by atomic mass is 16.6. The summed E-state index contributed by atoms with van der Waals surface area (Å²) in [6.07, 6.45) is 0.341. The zero-order valence-electron chi connectivity index (χ0n) is 12.1. The molecule has 0 aliphatic rings. The maximum atomic E-state index is 11.5. The number of nitrogens with one attached hydrogen (secondary N) is 1. The summed E-state index contributed by atoms with van der Waals surface area (Å²) >= 11 is 0. The van der Waals surface area contributed by atoms with Gasteiger partial charge >= 0.3 is 6.09 Å². The Kier molecular flexibility index (Phi) is 5.67. The predicted octanol–water partition coefficient (Wildman–Crippen LogP) is 3.37. The highest BCUT2D eigenvalue weighted by molar-refractivity contribution is 5.67. The molecule has 1 rings (SSSR count). The van der Waals surface area contributed by atoms with Gasteiger partial charge in [-0.3, -0.25) is 0 Å². The number of para-hydroxylation sites is 1. The van der Waals surface area contributed by atoms with E-state index >= 15 is 0 Å². The smallest absolute Gasteiger partial charge is 0.407 e. The van der Waals surface area contributed by atoms with Crippen LogP contribution in [0, 0.1) is 0 Å². The van der Waals surface area contributed by atoms with Crippen LogP contribution in [0.4, 0.5) is 4.79 Å². The Hall–Kier alpha value is -1.71. The molecule has 0 spiro atoms. The molecule has 0 unspecified atom stereocenters. The van der Waals surface area contributed by atoms with Gasteiger partial charge in [-0.05, 0) is 39.8 Å². The minimum absolute atomic E-state index is 0.0126. The summed E-state index contributed by atoms with van der Waals surface area (Å²) in [6.45, 7) is 8.01. The van der Waals surface area contributed by atoms with Gasteiger partial charge in [-0.25, -0.2) is 4.79 Å². The third kappa shape index (κ3) is 7.34. The minimum atomic E-state index is -0.468. The normalized spacial score (nSPS) is 12.6. The van der Waals surface area contributed by atoms with Crippen LogP contribution in [0.2, 0.25) is 0 Å². The van der Waals surface area contributed by atoms with Gasteiger partial charge in [0.2, 0.25) is 0 Å². The third-order valence-corrected chi connectivity index (χ3v) is 2.33. The van der Waals surface area contributed by atoms with Gasteiger partial charge in [0.05, 0.1) is 6.61 Å². The van der Waals surface area contributed by atoms with Crippen molar-refractivity contribution in [1.82, 2.24) is 5.32 Å². The number of hydrogen-bond donors (Lipinski definition) is 1. The van der Waals surface area contributed by atoms with E-state index in [0.29, 0.717) is 6.61 Å². The molecule has 0 aliphatic heterocycles. The molecule has 106 valence electrons. The number of amides is 1. The Morgan fingerprint density at radius 1 is 1.26 bits per heavy atom. The fraction of sp³-hybridized carbons (Fsp3) is 0.533. The van der Waals surface area contributed by atoms with Crippen molar-refractivity contribution < 1.29 is 14.3 Å². The zero-order chi connectivity index (χ0) is 14.3. The van der Waals surface area contributed by atoms with Crippen molar-refractivity contribution in [3.05, 3.63) is 30.3 Å². The summed E-state index contributed by atoms with van der Waals surface area (Å²) in [7, 11) is 0. The summed E-state index contributed by atoms with van der Waals surface area (Å²) in [5.41, 5.74) is -0.468. The van der Waals surface area contributed by atoms with Crippen molar-refractivity contribution in [2.75, 3.05) is 6.61 Å². The predicted molar refractivity (Wildman–Crippen MR) is 75.4 cm³/mol. The summed E-state index contributed by atoms with van der Waals surface area (Å²) < 4.78 is 10.7. The van der Waals surface area contributed by atoms with Crippen LogP contribution in [0.1, 0.15) is 34.1 Å². The van der Waals surface area contributed by atoms with Gasteiger partial charge in [0, 0.05) is 12.5 Å². The molecule has 4 heteroatoms. The standard InChI is InChI=1S/C15H23NO3/c1-12(16-14(17)19-15(2,3)4)10-11-18-13-8-6-5-7-9-13/h5-9,12H,10-11H2,1-4H3,(H,16,17)/t12-/m0/s1. The van der Waals surface area contributed by atoms with Crippen LogP contribution < -0.4 is 10.1 Å². The third-order valence-electron chi connectivity index (χ3n) is 2.33. The number of carbonyl (C=O) groups excluding carboxylic acids is 1. The molecule has 0 saturated carbocycles. The van der Waals surface area contributed by atoms with Gasteiger partial charge in [-0.2, -0.15) is 0 Å². The van der Waals surface area contributed by atoms with Crippen molar-refractivity contribution in [3.63, 3.8) is 0 Å². The van der Waals surface area contributed by atoms with Gasteiger partial charge in [0.25, 0.3) is 0 Å². The highest BCUT2D eigenvalue weighted by Gasteiger charge is 2.17. The fourth-order valence-electron chi connectivity index (χ4n) is 1.45. The van der Waals surface area contributed by atoms with Crippen molar-refractivity contribution in [2.24, 2.45) is 0 Å². The molecule has 0 fully saturated rings. The summed E-state index contributed by atoms with van der Waals surface area (Å²) in [6, 6.07) is 9.63. The molecule has 19 heavy (non-hydrogen) atoms. The number of ether oxygens (including phenoxy) is 2. The van der Waals surface area contributed by atoms with Gasteiger partial charge in [0.1, 0.15) is 11.4 Å². The van der Waals surface area contributed by atoms with E-state index < -0.39 is 5.60 Å². The van der Waals surface area contributed by atoms with E-state index in [4.69, 9.17) is 9.47 Å². The lowest BCUT2D eigenvalue weighted by Gasteiger charge is -2.22. The molecule has 0 aromatic heterocycles. The summed E-state index contributed by atoms with van der Waals surface area (Å²) in [5, 5.41) is 2.78. The van der Waals surface area contributed by atoms with Crippen LogP contribution in [-0.4, -0.2) is 24.3 Å². The summed E-state index contributed by atoms with van der Waals surface area (Å²) in [5.74, 6) is 0.840. The first-order valence-corrected chi connectivity index (χ1v) is 6.54. The molecule has 1 N–H and O–H groups in total. The van der Waals surface area contributed by atoms with Crippen molar-refractivity contribution in [2.45, 2.75) is 45.8 Å². The number of alkyl carbamates (subject to hydrolysis) is 1. The molecule has 1 aromatic carbocycles. The van der Waals surface area contributed by atoms with E-state index in [0.717, 1.165) is 12.2 Å². The summed E-state index contributed by atoms with van der Waals surface area (Å²) in [4.78, 5) is 11.5. The van der Waals surface area contributed by atoms with Crippen LogP contribution >= 0.6 is 0 Å². The Bertz CT molecular complexity index is 384. The van der Waals surface area contributed by atoms with E-state index in [2.05, 4.69) is 5.32 Å². The lowest BCUT2D eigenvalue weighted by atomic mass is 10.2. The molecule has 1 aromatic rings. The topological polar surface area (TPSA) is 47.6 Å². The number of carbonyl (C=O) groups is 1. The molecule has 0 aliphatic carbocycles. The number of hydrogen-bond acceptors (Lipinski definition) is 3. The van der Waals surface area contributed by atoms with E-state index in [-0.39, 0.29) is 12.1 Å². The van der Waals surface area contributed by atoms with Crippen LogP contribution in [0.15, 0.2) is 30.3 Å². The molecular formula is C15H23NO3. The molecule has 1 atom stereocenters. The van der Waals surface area contributed by atoms with E-state index in [1.807, 2.05) is 58.0 Å². The first-order valence-electron chi connectivity index (χ1n) is 6.54. The zero-order valence-corrected chi connectivity index (χ0v) is 12.1. The van der Waals surface area contributed by atoms with Gasteiger partial charge in [-0.1, -0.05) is 18.2 Å². The minimum Gasteiger partial charge on any atom is -0.494 e. The second-order valence-corrected chi connectivity index (χ2v) is 5.50. The Morgan fingerprint density at radius 2 is 1.89 bits per heavy atom. The molecular weight excluding hydrogens is 242 g/mol. The van der Waals surface area contributed by atoms with E-state index in [9.17, 15) is 4.79 Å². The highest BCUT2D eigenvalue weighted by Crippen LogP contribution is 2.09. The van der Waals surface area contributed by atoms with Crippen LogP contribution in [-0.2, 0) is 4.74 Å². The van der Waals surface area contributed by atoms with Gasteiger partial charge < -0.3 is 14.8 Å². The monoisotopic (exact) mass is 265 g/mol. The van der Waals surface area contributed by atoms with Gasteiger partial charge in [-0.15, -0.1) is 0 Å². The molecule has 0 saturated heterocycles. The van der Waals surface area contributed by atoms with Crippen molar-refractivity contribution in [1.29, 1.82) is 0 Å². The Morgan fingerprint density at radius 3 is 2.47 bits per heavy atom. The first kappa shape index (κ1) is 15.3. The number of benzene rings is 1. The molecule has 4 nitrogen and oxygen atoms in total. The second kappa shape index (κ2) is 7.02. The molecule has 0 bridgehead atoms. The van der Waals surface area contributed by atoms with Crippen LogP contribution in [0.25, 0.3) is 0 Å². The Labute approximate surface area is 115 Å². The number of rotatable bonds is 5. The van der Waals surface area contributed by atoms with Crippen molar-refractivity contribution in [3.8, 4) is 5.75 Å². The fourth-order valence-corrected chi connectivity index (χ4v) is 1.45. The average molecular weight is 265 g/mol. The first-order chi connectivity index (χ1) is 8.87. The van der Waals surface area contributed by atoms with E-state index in [1.54, 1.807) is 0 Å². The van der Waals surface area contributed by atoms with Gasteiger partial charge in [0.15, 0.2) is 0 Å². The van der Waals surface area contributed by atoms with Crippen LogP contribution in [0.3, 0.4) is 0 Å². The lowest BCUT2D eigenvalue weighted by molar-refractivity contribution is 0.0503. The molecule has 0 radical (unpaired) electrons. The van der Waals surface area contributed by atoms with Crippen LogP contribution in [0.5, 0.6) is 5.75 Å². The SMILES string of the molecule is C[C@@H](CCOc1ccccc1)NC(=O)OC(C)(C)C. The Balaban J connectivity index is 2.21. The lowest BCUT2D eigenvalue weighted by Crippen LogP contribution is -2.38. The molecule has 0 heterocycles.